The molecule has 0 aromatic heterocycles. The van der Waals surface area contributed by atoms with Crippen molar-refractivity contribution in [1.29, 1.82) is 0 Å². The van der Waals surface area contributed by atoms with E-state index < -0.39 is 18.0 Å². The first-order valence-corrected chi connectivity index (χ1v) is 5.76. The second kappa shape index (κ2) is 5.66. The van der Waals surface area contributed by atoms with Gasteiger partial charge >= 0.3 is 5.97 Å². The molecule has 1 aromatic carbocycles. The predicted molar refractivity (Wildman–Crippen MR) is 67.3 cm³/mol. The number of benzene rings is 1. The Labute approximate surface area is 114 Å². The molecule has 0 bridgehead atoms. The van der Waals surface area contributed by atoms with E-state index >= 15 is 0 Å². The van der Waals surface area contributed by atoms with Crippen molar-refractivity contribution < 1.29 is 28.9 Å². The smallest absolute Gasteiger partial charge is 0.336 e. The van der Waals surface area contributed by atoms with Crippen LogP contribution in [-0.2, 0) is 9.53 Å². The lowest BCUT2D eigenvalue weighted by Gasteiger charge is -2.11. The van der Waals surface area contributed by atoms with Crippen LogP contribution in [0.1, 0.15) is 10.4 Å². The fraction of sp³-hybridized carbons (Fsp3) is 0.333. The van der Waals surface area contributed by atoms with Crippen LogP contribution >= 0.6 is 0 Å². The summed E-state index contributed by atoms with van der Waals surface area (Å²) in [6, 6.07) is 2.92. The summed E-state index contributed by atoms with van der Waals surface area (Å²) in [4.78, 5) is 22.9. The third kappa shape index (κ3) is 2.75. The number of nitrogens with one attached hydrogen (secondary N) is 1. The lowest BCUT2D eigenvalue weighted by atomic mass is 10.1. The van der Waals surface area contributed by atoms with Crippen LogP contribution < -0.4 is 20.5 Å². The van der Waals surface area contributed by atoms with Gasteiger partial charge in [-0.1, -0.05) is 0 Å². The second-order valence-corrected chi connectivity index (χ2v) is 4.04. The highest BCUT2D eigenvalue weighted by molar-refractivity contribution is 6.00. The average Bonchev–Trinajstić information content (AvgIpc) is 2.89. The Bertz CT molecular complexity index is 545. The number of carbonyl (C=O) groups excluding carboxylic acids is 2. The standard InChI is InChI=1S/C12H14N2O6/c1-18-12(17)8(15)4-14-11(16)6-2-9-10(3-7(6)13)20-5-19-9/h2-3,8,15H,4-5,13H2,1H3,(H,14,16). The van der Waals surface area contributed by atoms with E-state index in [-0.39, 0.29) is 24.6 Å². The molecule has 1 aliphatic rings. The lowest BCUT2D eigenvalue weighted by molar-refractivity contribution is -0.149. The quantitative estimate of drug-likeness (QED) is 0.491. The Balaban J connectivity index is 2.05. The molecule has 0 spiro atoms. The van der Waals surface area contributed by atoms with Crippen LogP contribution in [-0.4, -0.2) is 43.5 Å². The molecule has 1 unspecified atom stereocenters. The number of aliphatic hydroxyl groups is 1. The van der Waals surface area contributed by atoms with Crippen molar-refractivity contribution in [2.75, 3.05) is 26.2 Å². The summed E-state index contributed by atoms with van der Waals surface area (Å²) in [6.45, 7) is -0.208. The van der Waals surface area contributed by atoms with Gasteiger partial charge in [-0.3, -0.25) is 4.79 Å². The monoisotopic (exact) mass is 282 g/mol. The molecular weight excluding hydrogens is 268 g/mol. The Kier molecular flexibility index (Phi) is 3.94. The van der Waals surface area contributed by atoms with E-state index in [1.807, 2.05) is 0 Å². The van der Waals surface area contributed by atoms with Crippen molar-refractivity contribution in [3.8, 4) is 11.5 Å². The summed E-state index contributed by atoms with van der Waals surface area (Å²) in [6.07, 6.45) is -1.43. The number of methoxy groups -OCH3 is 1. The van der Waals surface area contributed by atoms with Gasteiger partial charge in [0.25, 0.3) is 5.91 Å². The zero-order valence-electron chi connectivity index (χ0n) is 10.7. The summed E-state index contributed by atoms with van der Waals surface area (Å²) in [7, 11) is 1.14. The van der Waals surface area contributed by atoms with Crippen LogP contribution in [0.4, 0.5) is 5.69 Å². The number of hydrogen-bond donors (Lipinski definition) is 3. The number of carbonyl (C=O) groups is 2. The van der Waals surface area contributed by atoms with Crippen LogP contribution in [0.25, 0.3) is 0 Å². The van der Waals surface area contributed by atoms with E-state index in [2.05, 4.69) is 10.1 Å². The van der Waals surface area contributed by atoms with Gasteiger partial charge in [0.05, 0.1) is 19.2 Å². The number of ether oxygens (including phenoxy) is 3. The maximum Gasteiger partial charge on any atom is 0.336 e. The zero-order valence-corrected chi connectivity index (χ0v) is 10.7. The molecular formula is C12H14N2O6. The molecule has 4 N–H and O–H groups in total. The number of esters is 1. The average molecular weight is 282 g/mol. The fourth-order valence-corrected chi connectivity index (χ4v) is 1.66. The molecule has 1 heterocycles. The molecule has 1 aromatic rings. The maximum absolute atomic E-state index is 11.9. The van der Waals surface area contributed by atoms with E-state index in [1.54, 1.807) is 0 Å². The molecule has 8 heteroatoms. The summed E-state index contributed by atoms with van der Waals surface area (Å²) < 4.78 is 14.6. The first kappa shape index (κ1) is 13.9. The number of aliphatic hydroxyl groups excluding tert-OH is 1. The van der Waals surface area contributed by atoms with Crippen molar-refractivity contribution in [2.45, 2.75) is 6.10 Å². The van der Waals surface area contributed by atoms with Gasteiger partial charge in [-0.05, 0) is 6.07 Å². The fourth-order valence-electron chi connectivity index (χ4n) is 1.66. The van der Waals surface area contributed by atoms with Gasteiger partial charge in [-0.15, -0.1) is 0 Å². The summed E-state index contributed by atoms with van der Waals surface area (Å²) >= 11 is 0. The molecule has 1 amide bonds. The second-order valence-electron chi connectivity index (χ2n) is 4.04. The first-order chi connectivity index (χ1) is 9.52. The summed E-state index contributed by atoms with van der Waals surface area (Å²) in [5.41, 5.74) is 6.12. The Hall–Kier alpha value is -2.48. The summed E-state index contributed by atoms with van der Waals surface area (Å²) in [5.74, 6) is -0.487. The van der Waals surface area contributed by atoms with E-state index in [9.17, 15) is 14.7 Å². The van der Waals surface area contributed by atoms with Crippen molar-refractivity contribution in [3.05, 3.63) is 17.7 Å². The molecule has 0 aliphatic carbocycles. The van der Waals surface area contributed by atoms with E-state index in [4.69, 9.17) is 15.2 Å². The Morgan fingerprint density at radius 3 is 2.75 bits per heavy atom. The number of amides is 1. The van der Waals surface area contributed by atoms with Gasteiger partial charge in [0.15, 0.2) is 17.6 Å². The van der Waals surface area contributed by atoms with Gasteiger partial charge in [0.1, 0.15) is 0 Å². The van der Waals surface area contributed by atoms with Crippen LogP contribution in [0.3, 0.4) is 0 Å². The van der Waals surface area contributed by atoms with Crippen LogP contribution in [0.15, 0.2) is 12.1 Å². The molecule has 0 saturated carbocycles. The van der Waals surface area contributed by atoms with E-state index in [1.165, 1.54) is 12.1 Å². The van der Waals surface area contributed by atoms with Gasteiger partial charge in [0.2, 0.25) is 6.79 Å². The van der Waals surface area contributed by atoms with Gasteiger partial charge in [0, 0.05) is 11.8 Å². The minimum Gasteiger partial charge on any atom is -0.467 e. The molecule has 0 fully saturated rings. The third-order valence-corrected chi connectivity index (χ3v) is 2.72. The molecule has 0 saturated heterocycles. The van der Waals surface area contributed by atoms with Crippen molar-refractivity contribution in [3.63, 3.8) is 0 Å². The Morgan fingerprint density at radius 2 is 2.10 bits per heavy atom. The van der Waals surface area contributed by atoms with Gasteiger partial charge in [-0.25, -0.2) is 4.79 Å². The van der Waals surface area contributed by atoms with Crippen LogP contribution in [0.5, 0.6) is 11.5 Å². The van der Waals surface area contributed by atoms with Crippen molar-refractivity contribution in [2.24, 2.45) is 0 Å². The molecule has 8 nitrogen and oxygen atoms in total. The number of fused-ring (bicyclic) bond motifs is 1. The predicted octanol–water partition coefficient (Wildman–Crippen LogP) is -0.739. The number of hydrogen-bond acceptors (Lipinski definition) is 7. The normalized spacial score (nSPS) is 13.7. The molecule has 1 atom stereocenters. The van der Waals surface area contributed by atoms with Crippen LogP contribution in [0, 0.1) is 0 Å². The first-order valence-electron chi connectivity index (χ1n) is 5.76. The topological polar surface area (TPSA) is 120 Å². The molecule has 20 heavy (non-hydrogen) atoms. The minimum absolute atomic E-state index is 0.0703. The minimum atomic E-state index is -1.43. The molecule has 0 radical (unpaired) electrons. The van der Waals surface area contributed by atoms with Crippen LogP contribution in [0.2, 0.25) is 0 Å². The highest BCUT2D eigenvalue weighted by Crippen LogP contribution is 2.35. The lowest BCUT2D eigenvalue weighted by Crippen LogP contribution is -2.37. The number of anilines is 1. The van der Waals surface area contributed by atoms with Crippen molar-refractivity contribution >= 4 is 17.6 Å². The van der Waals surface area contributed by atoms with Crippen molar-refractivity contribution in [1.82, 2.24) is 5.32 Å². The highest BCUT2D eigenvalue weighted by Gasteiger charge is 2.21. The van der Waals surface area contributed by atoms with E-state index in [0.29, 0.717) is 11.5 Å². The SMILES string of the molecule is COC(=O)C(O)CNC(=O)c1cc2c(cc1N)OCO2. The largest absolute Gasteiger partial charge is 0.467 e. The summed E-state index contributed by atoms with van der Waals surface area (Å²) in [5, 5.41) is 11.8. The third-order valence-electron chi connectivity index (χ3n) is 2.72. The maximum atomic E-state index is 11.9. The zero-order chi connectivity index (χ0) is 14.7. The number of rotatable bonds is 4. The van der Waals surface area contributed by atoms with Gasteiger partial charge in [-0.2, -0.15) is 0 Å². The molecule has 2 rings (SSSR count). The molecule has 108 valence electrons. The van der Waals surface area contributed by atoms with Gasteiger partial charge < -0.3 is 30.4 Å². The number of nitrogens with two attached hydrogens (primary N) is 1. The highest BCUT2D eigenvalue weighted by atomic mass is 16.7. The number of nitrogen functional groups attached to an aromatic ring is 1. The Morgan fingerprint density at radius 1 is 1.45 bits per heavy atom. The molecule has 1 aliphatic heterocycles. The van der Waals surface area contributed by atoms with E-state index in [0.717, 1.165) is 7.11 Å².